The average molecular weight is 293 g/mol. The van der Waals surface area contributed by atoms with Gasteiger partial charge in [0.2, 0.25) is 0 Å². The number of hydrogen-bond donors (Lipinski definition) is 1. The summed E-state index contributed by atoms with van der Waals surface area (Å²) in [5, 5.41) is 11.2. The smallest absolute Gasteiger partial charge is 0.134 e. The molecule has 6 heteroatoms. The summed E-state index contributed by atoms with van der Waals surface area (Å²) in [6, 6.07) is 3.87. The molecule has 0 amide bonds. The van der Waals surface area contributed by atoms with Gasteiger partial charge in [0.25, 0.3) is 0 Å². The highest BCUT2D eigenvalue weighted by molar-refractivity contribution is 6.31. The molecule has 0 fully saturated rings. The van der Waals surface area contributed by atoms with Crippen LogP contribution in [-0.4, -0.2) is 40.4 Å². The van der Waals surface area contributed by atoms with E-state index in [0.717, 1.165) is 42.4 Å². The van der Waals surface area contributed by atoms with Crippen molar-refractivity contribution in [1.29, 1.82) is 0 Å². The quantitative estimate of drug-likeness (QED) is 0.941. The third kappa shape index (κ3) is 2.78. The zero-order chi connectivity index (χ0) is 13.9. The zero-order valence-corrected chi connectivity index (χ0v) is 12.2. The monoisotopic (exact) mass is 292 g/mol. The van der Waals surface area contributed by atoms with Gasteiger partial charge in [-0.3, -0.25) is 0 Å². The maximum Gasteiger partial charge on any atom is 0.134 e. The third-order valence-electron chi connectivity index (χ3n) is 3.66. The van der Waals surface area contributed by atoms with Crippen LogP contribution < -0.4 is 4.74 Å². The van der Waals surface area contributed by atoms with Gasteiger partial charge in [0.1, 0.15) is 18.1 Å². The SMILES string of the molecule is CN1CCc2c(Cl)ccc(OCc3cn[nH]n3)c2CC1. The molecule has 0 spiro atoms. The van der Waals surface area contributed by atoms with Gasteiger partial charge in [0.05, 0.1) is 6.20 Å². The Morgan fingerprint density at radius 1 is 1.30 bits per heavy atom. The van der Waals surface area contributed by atoms with Crippen molar-refractivity contribution in [3.63, 3.8) is 0 Å². The van der Waals surface area contributed by atoms with Crippen LogP contribution in [0.25, 0.3) is 0 Å². The zero-order valence-electron chi connectivity index (χ0n) is 11.4. The van der Waals surface area contributed by atoms with Crippen molar-refractivity contribution < 1.29 is 4.74 Å². The number of aromatic amines is 1. The molecule has 0 saturated carbocycles. The molecule has 0 radical (unpaired) electrons. The summed E-state index contributed by atoms with van der Waals surface area (Å²) >= 11 is 6.33. The minimum atomic E-state index is 0.417. The molecule has 0 bridgehead atoms. The average Bonchev–Trinajstić information content (AvgIpc) is 2.88. The van der Waals surface area contributed by atoms with E-state index in [1.807, 2.05) is 12.1 Å². The number of nitrogens with one attached hydrogen (secondary N) is 1. The van der Waals surface area contributed by atoms with Crippen LogP contribution >= 0.6 is 11.6 Å². The summed E-state index contributed by atoms with van der Waals surface area (Å²) in [6.45, 7) is 2.47. The van der Waals surface area contributed by atoms with Crippen molar-refractivity contribution in [3.05, 3.63) is 40.2 Å². The first-order valence-corrected chi connectivity index (χ1v) is 7.08. The number of aromatic nitrogens is 3. The normalized spacial score (nSPS) is 15.7. The lowest BCUT2D eigenvalue weighted by molar-refractivity contribution is 0.296. The van der Waals surface area contributed by atoms with E-state index >= 15 is 0 Å². The van der Waals surface area contributed by atoms with Crippen LogP contribution in [0.4, 0.5) is 0 Å². The number of H-pyrrole nitrogens is 1. The minimum absolute atomic E-state index is 0.417. The molecule has 20 heavy (non-hydrogen) atoms. The fraction of sp³-hybridized carbons (Fsp3) is 0.429. The molecule has 0 unspecified atom stereocenters. The molecule has 5 nitrogen and oxygen atoms in total. The van der Waals surface area contributed by atoms with Crippen LogP contribution in [0.3, 0.4) is 0 Å². The number of benzene rings is 1. The van der Waals surface area contributed by atoms with E-state index in [9.17, 15) is 0 Å². The van der Waals surface area contributed by atoms with Crippen LogP contribution in [0.1, 0.15) is 16.8 Å². The Labute approximate surface area is 122 Å². The number of fused-ring (bicyclic) bond motifs is 1. The van der Waals surface area contributed by atoms with Crippen LogP contribution in [0.15, 0.2) is 18.3 Å². The Hall–Kier alpha value is -1.59. The molecule has 0 aliphatic carbocycles. The fourth-order valence-corrected chi connectivity index (χ4v) is 2.76. The van der Waals surface area contributed by atoms with Gasteiger partial charge in [-0.05, 0) is 37.6 Å². The van der Waals surface area contributed by atoms with Gasteiger partial charge >= 0.3 is 0 Å². The lowest BCUT2D eigenvalue weighted by Gasteiger charge is -2.14. The van der Waals surface area contributed by atoms with Crippen molar-refractivity contribution >= 4 is 11.6 Å². The molecule has 1 N–H and O–H groups in total. The number of hydrogen-bond acceptors (Lipinski definition) is 4. The molecule has 1 aliphatic rings. The molecule has 0 atom stereocenters. The molecule has 2 heterocycles. The number of halogens is 1. The van der Waals surface area contributed by atoms with Crippen LogP contribution in [0.5, 0.6) is 5.75 Å². The summed E-state index contributed by atoms with van der Waals surface area (Å²) in [5.74, 6) is 0.905. The van der Waals surface area contributed by atoms with Gasteiger partial charge in [-0.1, -0.05) is 11.6 Å². The van der Waals surface area contributed by atoms with E-state index in [-0.39, 0.29) is 0 Å². The molecule has 3 rings (SSSR count). The van der Waals surface area contributed by atoms with Gasteiger partial charge in [-0.15, -0.1) is 0 Å². The molecule has 0 saturated heterocycles. The van der Waals surface area contributed by atoms with Crippen molar-refractivity contribution in [1.82, 2.24) is 20.3 Å². The Balaban J connectivity index is 1.84. The third-order valence-corrected chi connectivity index (χ3v) is 4.01. The second-order valence-electron chi connectivity index (χ2n) is 5.06. The largest absolute Gasteiger partial charge is 0.487 e. The molecule has 1 aromatic heterocycles. The van der Waals surface area contributed by atoms with Crippen LogP contribution in [0, 0.1) is 0 Å². The van der Waals surface area contributed by atoms with Gasteiger partial charge in [-0.2, -0.15) is 15.4 Å². The topological polar surface area (TPSA) is 54.0 Å². The first-order valence-electron chi connectivity index (χ1n) is 6.70. The summed E-state index contributed by atoms with van der Waals surface area (Å²) in [6.07, 6.45) is 3.59. The maximum atomic E-state index is 6.33. The fourth-order valence-electron chi connectivity index (χ4n) is 2.49. The highest BCUT2D eigenvalue weighted by atomic mass is 35.5. The van der Waals surface area contributed by atoms with Crippen molar-refractivity contribution in [3.8, 4) is 5.75 Å². The van der Waals surface area contributed by atoms with E-state index in [1.54, 1.807) is 6.20 Å². The Kier molecular flexibility index (Phi) is 3.89. The Morgan fingerprint density at radius 3 is 2.85 bits per heavy atom. The molecule has 1 aromatic carbocycles. The molecule has 106 valence electrons. The maximum absolute atomic E-state index is 6.33. The standard InChI is InChI=1S/C14H17ClN4O/c1-19-6-4-11-12(5-7-19)14(3-2-13(11)15)20-9-10-8-16-18-17-10/h2-3,8H,4-7,9H2,1H3,(H,16,17,18). The predicted molar refractivity (Wildman–Crippen MR) is 77.1 cm³/mol. The van der Waals surface area contributed by atoms with Gasteiger partial charge < -0.3 is 9.64 Å². The predicted octanol–water partition coefficient (Wildman–Crippen LogP) is 2.07. The van der Waals surface area contributed by atoms with E-state index in [4.69, 9.17) is 16.3 Å². The molecule has 1 aliphatic heterocycles. The summed E-state index contributed by atoms with van der Waals surface area (Å²) < 4.78 is 5.89. The van der Waals surface area contributed by atoms with Crippen LogP contribution in [-0.2, 0) is 19.4 Å². The lowest BCUT2D eigenvalue weighted by atomic mass is 10.0. The van der Waals surface area contributed by atoms with Gasteiger partial charge in [0.15, 0.2) is 0 Å². The highest BCUT2D eigenvalue weighted by Crippen LogP contribution is 2.32. The highest BCUT2D eigenvalue weighted by Gasteiger charge is 2.18. The van der Waals surface area contributed by atoms with Crippen molar-refractivity contribution in [2.24, 2.45) is 0 Å². The Bertz CT molecular complexity index is 585. The van der Waals surface area contributed by atoms with Crippen molar-refractivity contribution in [2.75, 3.05) is 20.1 Å². The van der Waals surface area contributed by atoms with E-state index in [1.165, 1.54) is 11.1 Å². The van der Waals surface area contributed by atoms with E-state index in [2.05, 4.69) is 27.4 Å². The lowest BCUT2D eigenvalue weighted by Crippen LogP contribution is -2.20. The molecular weight excluding hydrogens is 276 g/mol. The number of rotatable bonds is 3. The summed E-state index contributed by atoms with van der Waals surface area (Å²) in [5.41, 5.74) is 3.23. The minimum Gasteiger partial charge on any atom is -0.487 e. The van der Waals surface area contributed by atoms with E-state index < -0.39 is 0 Å². The molecular formula is C14H17ClN4O. The number of nitrogens with zero attached hydrogens (tertiary/aromatic N) is 3. The summed E-state index contributed by atoms with van der Waals surface area (Å²) in [7, 11) is 2.13. The number of likely N-dealkylation sites (N-methyl/N-ethyl adjacent to an activating group) is 1. The van der Waals surface area contributed by atoms with Crippen LogP contribution in [0.2, 0.25) is 5.02 Å². The summed E-state index contributed by atoms with van der Waals surface area (Å²) in [4.78, 5) is 2.32. The first kappa shape index (κ1) is 13.4. The molecule has 2 aromatic rings. The Morgan fingerprint density at radius 2 is 2.10 bits per heavy atom. The van der Waals surface area contributed by atoms with E-state index in [0.29, 0.717) is 6.61 Å². The van der Waals surface area contributed by atoms with Gasteiger partial charge in [-0.25, -0.2) is 0 Å². The second kappa shape index (κ2) is 5.81. The first-order chi connectivity index (χ1) is 9.74. The number of ether oxygens (including phenoxy) is 1. The van der Waals surface area contributed by atoms with Crippen molar-refractivity contribution in [2.45, 2.75) is 19.4 Å². The van der Waals surface area contributed by atoms with Gasteiger partial charge in [0, 0.05) is 23.7 Å². The second-order valence-corrected chi connectivity index (χ2v) is 5.46.